The molecule has 1 aliphatic carbocycles. The Kier molecular flexibility index (Phi) is 5.16. The first-order chi connectivity index (χ1) is 9.70. The van der Waals surface area contributed by atoms with Crippen LogP contribution < -0.4 is 5.32 Å². The zero-order valence-corrected chi connectivity index (χ0v) is 11.9. The van der Waals surface area contributed by atoms with Gasteiger partial charge in [-0.15, -0.1) is 0 Å². The smallest absolute Gasteiger partial charge is 0.337 e. The highest BCUT2D eigenvalue weighted by molar-refractivity contribution is 5.94. The predicted octanol–water partition coefficient (Wildman–Crippen LogP) is 3.38. The Balaban J connectivity index is 1.95. The van der Waals surface area contributed by atoms with Crippen LogP contribution in [0.5, 0.6) is 0 Å². The van der Waals surface area contributed by atoms with Gasteiger partial charge in [-0.1, -0.05) is 25.7 Å². The zero-order valence-electron chi connectivity index (χ0n) is 11.9. The minimum Gasteiger partial charge on any atom is -0.465 e. The van der Waals surface area contributed by atoms with E-state index >= 15 is 0 Å². The Morgan fingerprint density at radius 2 is 1.65 bits per heavy atom. The van der Waals surface area contributed by atoms with Crippen molar-refractivity contribution in [2.75, 3.05) is 12.4 Å². The normalized spacial score (nSPS) is 16.2. The highest BCUT2D eigenvalue weighted by Gasteiger charge is 2.20. The molecule has 4 nitrogen and oxygen atoms in total. The molecule has 108 valence electrons. The predicted molar refractivity (Wildman–Crippen MR) is 77.6 cm³/mol. The number of hydrogen-bond donors (Lipinski definition) is 1. The van der Waals surface area contributed by atoms with Crippen molar-refractivity contribution in [3.63, 3.8) is 0 Å². The SMILES string of the molecule is COC(=O)c1ccc(NC(=O)C2CCCCCC2)cc1. The van der Waals surface area contributed by atoms with Crippen molar-refractivity contribution >= 4 is 17.6 Å². The molecule has 0 atom stereocenters. The standard InChI is InChI=1S/C16H21NO3/c1-20-16(19)13-8-10-14(11-9-13)17-15(18)12-6-4-2-3-5-7-12/h8-12H,2-7H2,1H3,(H,17,18). The number of methoxy groups -OCH3 is 1. The van der Waals surface area contributed by atoms with E-state index in [4.69, 9.17) is 0 Å². The first-order valence-electron chi connectivity index (χ1n) is 7.20. The molecule has 1 amide bonds. The molecule has 0 aromatic heterocycles. The van der Waals surface area contributed by atoms with E-state index in [1.54, 1.807) is 24.3 Å². The van der Waals surface area contributed by atoms with E-state index in [2.05, 4.69) is 10.1 Å². The van der Waals surface area contributed by atoms with Gasteiger partial charge in [0.25, 0.3) is 0 Å². The summed E-state index contributed by atoms with van der Waals surface area (Å²) in [6.45, 7) is 0. The second-order valence-corrected chi connectivity index (χ2v) is 5.25. The van der Waals surface area contributed by atoms with Gasteiger partial charge < -0.3 is 10.1 Å². The number of carbonyl (C=O) groups excluding carboxylic acids is 2. The second-order valence-electron chi connectivity index (χ2n) is 5.25. The van der Waals surface area contributed by atoms with Crippen LogP contribution in [0.1, 0.15) is 48.9 Å². The van der Waals surface area contributed by atoms with Gasteiger partial charge in [-0.05, 0) is 37.1 Å². The summed E-state index contributed by atoms with van der Waals surface area (Å²) in [5, 5.41) is 2.93. The minimum atomic E-state index is -0.369. The lowest BCUT2D eigenvalue weighted by atomic mass is 9.99. The third-order valence-electron chi connectivity index (χ3n) is 3.80. The highest BCUT2D eigenvalue weighted by atomic mass is 16.5. The summed E-state index contributed by atoms with van der Waals surface area (Å²) in [6.07, 6.45) is 6.70. The quantitative estimate of drug-likeness (QED) is 0.679. The molecule has 1 fully saturated rings. The zero-order chi connectivity index (χ0) is 14.4. The van der Waals surface area contributed by atoms with Gasteiger partial charge in [0, 0.05) is 11.6 Å². The molecular formula is C16H21NO3. The van der Waals surface area contributed by atoms with Crippen molar-refractivity contribution in [2.24, 2.45) is 5.92 Å². The van der Waals surface area contributed by atoms with Crippen LogP contribution in [-0.4, -0.2) is 19.0 Å². The van der Waals surface area contributed by atoms with Crippen molar-refractivity contribution in [3.8, 4) is 0 Å². The lowest BCUT2D eigenvalue weighted by molar-refractivity contribution is -0.120. The number of nitrogens with one attached hydrogen (secondary N) is 1. The largest absolute Gasteiger partial charge is 0.465 e. The van der Waals surface area contributed by atoms with Gasteiger partial charge in [0.2, 0.25) is 5.91 Å². The van der Waals surface area contributed by atoms with Crippen LogP contribution in [0.2, 0.25) is 0 Å². The first kappa shape index (κ1) is 14.6. The van der Waals surface area contributed by atoms with Gasteiger partial charge in [0.05, 0.1) is 12.7 Å². The number of amides is 1. The fraction of sp³-hybridized carbons (Fsp3) is 0.500. The lowest BCUT2D eigenvalue weighted by Gasteiger charge is -2.14. The highest BCUT2D eigenvalue weighted by Crippen LogP contribution is 2.24. The molecule has 0 aliphatic heterocycles. The maximum Gasteiger partial charge on any atom is 0.337 e. The van der Waals surface area contributed by atoms with Gasteiger partial charge in [-0.25, -0.2) is 4.79 Å². The summed E-state index contributed by atoms with van der Waals surface area (Å²) in [7, 11) is 1.35. The first-order valence-corrected chi connectivity index (χ1v) is 7.20. The summed E-state index contributed by atoms with van der Waals surface area (Å²) < 4.78 is 4.64. The number of esters is 1. The molecule has 0 heterocycles. The Morgan fingerprint density at radius 3 is 2.20 bits per heavy atom. The Hall–Kier alpha value is -1.84. The van der Waals surface area contributed by atoms with Crippen molar-refractivity contribution in [1.29, 1.82) is 0 Å². The summed E-state index contributed by atoms with van der Waals surface area (Å²) in [4.78, 5) is 23.5. The molecule has 2 rings (SSSR count). The second kappa shape index (κ2) is 7.08. The number of hydrogen-bond acceptors (Lipinski definition) is 3. The van der Waals surface area contributed by atoms with Crippen LogP contribution in [0.25, 0.3) is 0 Å². The van der Waals surface area contributed by atoms with Crippen molar-refractivity contribution in [3.05, 3.63) is 29.8 Å². The summed E-state index contributed by atoms with van der Waals surface area (Å²) in [6, 6.07) is 6.80. The maximum absolute atomic E-state index is 12.2. The van der Waals surface area contributed by atoms with Gasteiger partial charge >= 0.3 is 5.97 Å². The lowest BCUT2D eigenvalue weighted by Crippen LogP contribution is -2.22. The number of ether oxygens (including phenoxy) is 1. The molecule has 1 aromatic rings. The Bertz CT molecular complexity index is 459. The Morgan fingerprint density at radius 1 is 1.05 bits per heavy atom. The van der Waals surface area contributed by atoms with Gasteiger partial charge in [0.1, 0.15) is 0 Å². The minimum absolute atomic E-state index is 0.0951. The van der Waals surface area contributed by atoms with Crippen LogP contribution in [-0.2, 0) is 9.53 Å². The van der Waals surface area contributed by atoms with E-state index in [1.165, 1.54) is 20.0 Å². The van der Waals surface area contributed by atoms with E-state index in [0.29, 0.717) is 5.56 Å². The van der Waals surface area contributed by atoms with E-state index < -0.39 is 0 Å². The summed E-state index contributed by atoms with van der Waals surface area (Å²) in [5.41, 5.74) is 1.21. The fourth-order valence-electron chi connectivity index (χ4n) is 2.59. The van der Waals surface area contributed by atoms with Crippen LogP contribution in [0.3, 0.4) is 0 Å². The van der Waals surface area contributed by atoms with Crippen LogP contribution in [0.4, 0.5) is 5.69 Å². The average molecular weight is 275 g/mol. The van der Waals surface area contributed by atoms with E-state index in [9.17, 15) is 9.59 Å². The number of benzene rings is 1. The molecule has 4 heteroatoms. The maximum atomic E-state index is 12.2. The average Bonchev–Trinajstić information content (AvgIpc) is 2.76. The number of carbonyl (C=O) groups is 2. The van der Waals surface area contributed by atoms with Gasteiger partial charge in [-0.3, -0.25) is 4.79 Å². The van der Waals surface area contributed by atoms with Crippen LogP contribution in [0, 0.1) is 5.92 Å². The third-order valence-corrected chi connectivity index (χ3v) is 3.80. The monoisotopic (exact) mass is 275 g/mol. The van der Waals surface area contributed by atoms with Gasteiger partial charge in [-0.2, -0.15) is 0 Å². The van der Waals surface area contributed by atoms with Crippen LogP contribution in [0.15, 0.2) is 24.3 Å². The molecule has 20 heavy (non-hydrogen) atoms. The van der Waals surface area contributed by atoms with Crippen molar-refractivity contribution < 1.29 is 14.3 Å². The van der Waals surface area contributed by atoms with E-state index in [-0.39, 0.29) is 17.8 Å². The molecule has 0 radical (unpaired) electrons. The summed E-state index contributed by atoms with van der Waals surface area (Å²) in [5.74, 6) is -0.151. The van der Waals surface area contributed by atoms with Crippen molar-refractivity contribution in [2.45, 2.75) is 38.5 Å². The molecule has 0 saturated heterocycles. The van der Waals surface area contributed by atoms with Gasteiger partial charge in [0.15, 0.2) is 0 Å². The number of anilines is 1. The summed E-state index contributed by atoms with van der Waals surface area (Å²) >= 11 is 0. The van der Waals surface area contributed by atoms with Crippen molar-refractivity contribution in [1.82, 2.24) is 0 Å². The molecule has 1 aliphatic rings. The molecule has 0 spiro atoms. The Labute approximate surface area is 119 Å². The molecular weight excluding hydrogens is 254 g/mol. The third kappa shape index (κ3) is 3.83. The molecule has 1 aromatic carbocycles. The van der Waals surface area contributed by atoms with Crippen LogP contribution >= 0.6 is 0 Å². The topological polar surface area (TPSA) is 55.4 Å². The fourth-order valence-corrected chi connectivity index (χ4v) is 2.59. The van der Waals surface area contributed by atoms with E-state index in [0.717, 1.165) is 31.4 Å². The molecule has 1 N–H and O–H groups in total. The molecule has 0 bridgehead atoms. The molecule has 0 unspecified atom stereocenters. The molecule has 1 saturated carbocycles. The van der Waals surface area contributed by atoms with E-state index in [1.807, 2.05) is 0 Å². The number of rotatable bonds is 3.